The summed E-state index contributed by atoms with van der Waals surface area (Å²) in [5.74, 6) is 0.322. The summed E-state index contributed by atoms with van der Waals surface area (Å²) in [6.07, 6.45) is -0.236. The third-order valence-corrected chi connectivity index (χ3v) is 5.72. The third-order valence-electron chi connectivity index (χ3n) is 3.99. The van der Waals surface area contributed by atoms with Gasteiger partial charge >= 0.3 is 5.97 Å². The van der Waals surface area contributed by atoms with Crippen molar-refractivity contribution in [1.29, 1.82) is 0 Å². The van der Waals surface area contributed by atoms with Crippen LogP contribution >= 0.6 is 0 Å². The van der Waals surface area contributed by atoms with Crippen molar-refractivity contribution in [3.8, 4) is 17.1 Å². The molecule has 0 amide bonds. The maximum absolute atomic E-state index is 12.2. The Balaban J connectivity index is 1.51. The Bertz CT molecular complexity index is 1030. The van der Waals surface area contributed by atoms with E-state index < -0.39 is 15.8 Å². The Labute approximate surface area is 162 Å². The van der Waals surface area contributed by atoms with Crippen LogP contribution in [0.25, 0.3) is 11.3 Å². The van der Waals surface area contributed by atoms with Crippen molar-refractivity contribution >= 4 is 15.8 Å². The van der Waals surface area contributed by atoms with E-state index in [1.165, 1.54) is 12.1 Å². The maximum atomic E-state index is 12.2. The minimum absolute atomic E-state index is 0.0934. The summed E-state index contributed by atoms with van der Waals surface area (Å²) in [6, 6.07) is 16.9. The van der Waals surface area contributed by atoms with Crippen LogP contribution in [-0.4, -0.2) is 32.4 Å². The monoisotopic (exact) mass is 401 g/mol. The topological polar surface area (TPSA) is 95.7 Å². The van der Waals surface area contributed by atoms with Crippen LogP contribution in [0.4, 0.5) is 0 Å². The third kappa shape index (κ3) is 4.98. The second-order valence-corrected chi connectivity index (χ2v) is 8.06. The molecule has 0 saturated heterocycles. The molecular weight excluding hydrogens is 382 g/mol. The van der Waals surface area contributed by atoms with Crippen molar-refractivity contribution in [2.75, 3.05) is 12.9 Å². The fourth-order valence-corrected chi connectivity index (χ4v) is 3.70. The van der Waals surface area contributed by atoms with Gasteiger partial charge in [0, 0.05) is 11.6 Å². The van der Waals surface area contributed by atoms with Gasteiger partial charge < -0.3 is 14.0 Å². The van der Waals surface area contributed by atoms with Gasteiger partial charge in [-0.2, -0.15) is 0 Å². The van der Waals surface area contributed by atoms with Gasteiger partial charge in [0.25, 0.3) is 0 Å². The van der Waals surface area contributed by atoms with Crippen molar-refractivity contribution in [2.24, 2.45) is 0 Å². The summed E-state index contributed by atoms with van der Waals surface area (Å²) in [5, 5.41) is 3.86. The number of hydrogen-bond donors (Lipinski definition) is 0. The highest BCUT2D eigenvalue weighted by Crippen LogP contribution is 2.23. The zero-order valence-corrected chi connectivity index (χ0v) is 16.0. The standard InChI is InChI=1S/C20H19NO6S/c1-25-17-9-7-15(8-10-17)19-13-16(21-27-19)14-26-20(22)11-12-28(23,24)18-5-3-2-4-6-18/h2-10,13H,11-12,14H2,1H3. The van der Waals surface area contributed by atoms with Crippen LogP contribution in [0.5, 0.6) is 5.75 Å². The lowest BCUT2D eigenvalue weighted by atomic mass is 10.1. The smallest absolute Gasteiger partial charge is 0.307 e. The largest absolute Gasteiger partial charge is 0.497 e. The van der Waals surface area contributed by atoms with Crippen molar-refractivity contribution in [3.63, 3.8) is 0 Å². The number of ether oxygens (including phenoxy) is 2. The van der Waals surface area contributed by atoms with Crippen LogP contribution in [0.1, 0.15) is 12.1 Å². The van der Waals surface area contributed by atoms with Gasteiger partial charge in [-0.1, -0.05) is 23.4 Å². The molecule has 0 aliphatic carbocycles. The number of carbonyl (C=O) groups is 1. The van der Waals surface area contributed by atoms with Crippen LogP contribution in [-0.2, 0) is 26.0 Å². The number of methoxy groups -OCH3 is 1. The number of carbonyl (C=O) groups excluding carboxylic acids is 1. The molecule has 3 aromatic rings. The lowest BCUT2D eigenvalue weighted by molar-refractivity contribution is -0.144. The number of rotatable bonds is 8. The van der Waals surface area contributed by atoms with Gasteiger partial charge in [0.15, 0.2) is 15.6 Å². The van der Waals surface area contributed by atoms with Gasteiger partial charge in [-0.05, 0) is 36.4 Å². The van der Waals surface area contributed by atoms with Crippen LogP contribution in [0.3, 0.4) is 0 Å². The molecule has 0 radical (unpaired) electrons. The van der Waals surface area contributed by atoms with E-state index in [0.29, 0.717) is 11.5 Å². The zero-order valence-electron chi connectivity index (χ0n) is 15.2. The molecule has 0 spiro atoms. The van der Waals surface area contributed by atoms with Gasteiger partial charge in [-0.3, -0.25) is 4.79 Å². The summed E-state index contributed by atoms with van der Waals surface area (Å²) in [7, 11) is -1.94. The number of nitrogens with zero attached hydrogens (tertiary/aromatic N) is 1. The molecule has 2 aromatic carbocycles. The number of sulfone groups is 1. The van der Waals surface area contributed by atoms with E-state index in [1.54, 1.807) is 43.5 Å². The summed E-state index contributed by atoms with van der Waals surface area (Å²) >= 11 is 0. The summed E-state index contributed by atoms with van der Waals surface area (Å²) in [6.45, 7) is -0.0934. The van der Waals surface area contributed by atoms with Gasteiger partial charge in [-0.15, -0.1) is 0 Å². The summed E-state index contributed by atoms with van der Waals surface area (Å²) in [5.41, 5.74) is 1.24. The van der Waals surface area contributed by atoms with E-state index in [0.717, 1.165) is 11.3 Å². The lowest BCUT2D eigenvalue weighted by Crippen LogP contribution is -2.13. The van der Waals surface area contributed by atoms with Gasteiger partial charge in [-0.25, -0.2) is 8.42 Å². The SMILES string of the molecule is COc1ccc(-c2cc(COC(=O)CCS(=O)(=O)c3ccccc3)no2)cc1. The molecule has 1 heterocycles. The molecule has 0 bridgehead atoms. The normalized spacial score (nSPS) is 11.2. The predicted octanol–water partition coefficient (Wildman–Crippen LogP) is 3.26. The van der Waals surface area contributed by atoms with Crippen molar-refractivity contribution in [2.45, 2.75) is 17.9 Å². The Kier molecular flexibility index (Phi) is 6.10. The fraction of sp³-hybridized carbons (Fsp3) is 0.200. The van der Waals surface area contributed by atoms with Crippen LogP contribution < -0.4 is 4.74 Å². The summed E-state index contributed by atoms with van der Waals surface area (Å²) < 4.78 is 39.8. The van der Waals surface area contributed by atoms with Crippen molar-refractivity contribution in [3.05, 3.63) is 66.4 Å². The van der Waals surface area contributed by atoms with E-state index in [4.69, 9.17) is 14.0 Å². The number of hydrogen-bond acceptors (Lipinski definition) is 7. The molecule has 0 unspecified atom stereocenters. The highest BCUT2D eigenvalue weighted by molar-refractivity contribution is 7.91. The molecule has 3 rings (SSSR count). The van der Waals surface area contributed by atoms with E-state index >= 15 is 0 Å². The highest BCUT2D eigenvalue weighted by Gasteiger charge is 2.17. The zero-order chi connectivity index (χ0) is 20.0. The second kappa shape index (κ2) is 8.71. The molecule has 8 heteroatoms. The summed E-state index contributed by atoms with van der Waals surface area (Å²) in [4.78, 5) is 12.1. The molecule has 0 atom stereocenters. The molecule has 28 heavy (non-hydrogen) atoms. The van der Waals surface area contributed by atoms with Crippen molar-refractivity contribution < 1.29 is 27.2 Å². The molecule has 146 valence electrons. The fourth-order valence-electron chi connectivity index (χ4n) is 2.46. The Morgan fingerprint density at radius 1 is 1.07 bits per heavy atom. The quantitative estimate of drug-likeness (QED) is 0.535. The van der Waals surface area contributed by atoms with Crippen LogP contribution in [0.15, 0.2) is 70.1 Å². The predicted molar refractivity (Wildman–Crippen MR) is 101 cm³/mol. The molecule has 1 aromatic heterocycles. The van der Waals surface area contributed by atoms with Gasteiger partial charge in [0.05, 0.1) is 24.2 Å². The minimum Gasteiger partial charge on any atom is -0.497 e. The number of esters is 1. The molecule has 0 aliphatic rings. The molecule has 0 fully saturated rings. The number of benzene rings is 2. The van der Waals surface area contributed by atoms with Gasteiger partial charge in [0.1, 0.15) is 18.1 Å². The first-order chi connectivity index (χ1) is 13.5. The Morgan fingerprint density at radius 2 is 1.79 bits per heavy atom. The van der Waals surface area contributed by atoms with Crippen LogP contribution in [0, 0.1) is 0 Å². The molecule has 0 saturated carbocycles. The van der Waals surface area contributed by atoms with Gasteiger partial charge in [0.2, 0.25) is 0 Å². The average Bonchev–Trinajstić information content (AvgIpc) is 3.20. The van der Waals surface area contributed by atoms with E-state index in [9.17, 15) is 13.2 Å². The lowest BCUT2D eigenvalue weighted by Gasteiger charge is -2.04. The first-order valence-electron chi connectivity index (χ1n) is 8.51. The first-order valence-corrected chi connectivity index (χ1v) is 10.2. The second-order valence-electron chi connectivity index (χ2n) is 5.95. The average molecular weight is 401 g/mol. The molecular formula is C20H19NO6S. The van der Waals surface area contributed by atoms with E-state index in [2.05, 4.69) is 5.16 Å². The Hall–Kier alpha value is -3.13. The molecule has 7 nitrogen and oxygen atoms in total. The van der Waals surface area contributed by atoms with Crippen LogP contribution in [0.2, 0.25) is 0 Å². The Morgan fingerprint density at radius 3 is 2.46 bits per heavy atom. The minimum atomic E-state index is -3.52. The van der Waals surface area contributed by atoms with E-state index in [-0.39, 0.29) is 23.7 Å². The van der Waals surface area contributed by atoms with E-state index in [1.807, 2.05) is 12.1 Å². The molecule has 0 N–H and O–H groups in total. The first kappa shape index (κ1) is 19.6. The van der Waals surface area contributed by atoms with Crippen molar-refractivity contribution in [1.82, 2.24) is 5.16 Å². The maximum Gasteiger partial charge on any atom is 0.307 e. The highest BCUT2D eigenvalue weighted by atomic mass is 32.2. The molecule has 0 aliphatic heterocycles. The number of aromatic nitrogens is 1.